The van der Waals surface area contributed by atoms with Gasteiger partial charge in [0.1, 0.15) is 5.75 Å². The molecule has 0 amide bonds. The molecule has 0 bridgehead atoms. The van der Waals surface area contributed by atoms with Crippen LogP contribution in [-0.4, -0.2) is 25.1 Å². The number of carbonyl (C=O) groups is 1. The summed E-state index contributed by atoms with van der Waals surface area (Å²) >= 11 is 0. The van der Waals surface area contributed by atoms with Crippen molar-refractivity contribution in [3.05, 3.63) is 46.0 Å². The minimum absolute atomic E-state index is 0.0625. The van der Waals surface area contributed by atoms with Crippen molar-refractivity contribution >= 4 is 11.7 Å². The molecule has 0 unspecified atom stereocenters. The van der Waals surface area contributed by atoms with Crippen molar-refractivity contribution in [1.29, 1.82) is 0 Å². The van der Waals surface area contributed by atoms with Crippen molar-refractivity contribution in [2.24, 2.45) is 0 Å². The van der Waals surface area contributed by atoms with Crippen molar-refractivity contribution in [2.45, 2.75) is 6.42 Å². The maximum absolute atomic E-state index is 11.2. The van der Waals surface area contributed by atoms with E-state index in [1.165, 1.54) is 26.4 Å². The highest BCUT2D eigenvalue weighted by Crippen LogP contribution is 2.26. The molecule has 1 rings (SSSR count). The van der Waals surface area contributed by atoms with Crippen molar-refractivity contribution in [3.63, 3.8) is 0 Å². The van der Waals surface area contributed by atoms with Gasteiger partial charge in [-0.1, -0.05) is 6.58 Å². The molecule has 0 atom stereocenters. The summed E-state index contributed by atoms with van der Waals surface area (Å²) in [4.78, 5) is 21.6. The standard InChI is InChI=1S/C12H13NO5/c1-8(12(14)18-3)6-9-4-5-10(17-2)7-11(9)13(15)16/h4-5,7H,1,6H2,2-3H3. The lowest BCUT2D eigenvalue weighted by Gasteiger charge is -2.06. The molecule has 6 nitrogen and oxygen atoms in total. The fourth-order valence-electron chi connectivity index (χ4n) is 1.44. The van der Waals surface area contributed by atoms with E-state index in [-0.39, 0.29) is 17.7 Å². The predicted octanol–water partition coefficient (Wildman–Crippen LogP) is 1.88. The lowest BCUT2D eigenvalue weighted by atomic mass is 10.0. The zero-order valence-corrected chi connectivity index (χ0v) is 10.1. The third kappa shape index (κ3) is 3.07. The molecule has 0 N–H and O–H groups in total. The number of esters is 1. The molecular formula is C12H13NO5. The summed E-state index contributed by atoms with van der Waals surface area (Å²) in [6.07, 6.45) is 0.0625. The summed E-state index contributed by atoms with van der Waals surface area (Å²) in [7, 11) is 2.65. The molecule has 1 aromatic carbocycles. The number of nitro groups is 1. The average Bonchev–Trinajstić information content (AvgIpc) is 2.37. The Bertz CT molecular complexity index is 495. The molecule has 96 valence electrons. The van der Waals surface area contributed by atoms with Gasteiger partial charge in [-0.2, -0.15) is 0 Å². The molecule has 0 aliphatic carbocycles. The molecular weight excluding hydrogens is 238 g/mol. The van der Waals surface area contributed by atoms with Gasteiger partial charge in [0, 0.05) is 17.6 Å². The second-order valence-electron chi connectivity index (χ2n) is 3.52. The van der Waals surface area contributed by atoms with Crippen LogP contribution in [0.3, 0.4) is 0 Å². The van der Waals surface area contributed by atoms with Crippen molar-refractivity contribution in [3.8, 4) is 5.75 Å². The van der Waals surface area contributed by atoms with E-state index in [0.29, 0.717) is 11.3 Å². The molecule has 1 aromatic rings. The van der Waals surface area contributed by atoms with Crippen LogP contribution in [0.2, 0.25) is 0 Å². The highest BCUT2D eigenvalue weighted by Gasteiger charge is 2.18. The van der Waals surface area contributed by atoms with Gasteiger partial charge in [-0.25, -0.2) is 4.79 Å². The topological polar surface area (TPSA) is 78.7 Å². The van der Waals surface area contributed by atoms with Gasteiger partial charge in [-0.15, -0.1) is 0 Å². The number of hydrogen-bond acceptors (Lipinski definition) is 5. The van der Waals surface area contributed by atoms with Crippen LogP contribution < -0.4 is 4.74 Å². The number of hydrogen-bond donors (Lipinski definition) is 0. The highest BCUT2D eigenvalue weighted by atomic mass is 16.6. The summed E-state index contributed by atoms with van der Waals surface area (Å²) in [5.41, 5.74) is 0.432. The third-order valence-electron chi connectivity index (χ3n) is 2.37. The number of benzene rings is 1. The van der Waals surface area contributed by atoms with Crippen LogP contribution in [-0.2, 0) is 16.0 Å². The average molecular weight is 251 g/mol. The predicted molar refractivity (Wildman–Crippen MR) is 64.5 cm³/mol. The Balaban J connectivity index is 3.05. The smallest absolute Gasteiger partial charge is 0.333 e. The molecule has 0 fully saturated rings. The normalized spacial score (nSPS) is 9.67. The molecule has 0 spiro atoms. The first kappa shape index (κ1) is 13.7. The largest absolute Gasteiger partial charge is 0.497 e. The van der Waals surface area contributed by atoms with Crippen LogP contribution in [0.5, 0.6) is 5.75 Å². The summed E-state index contributed by atoms with van der Waals surface area (Å²) in [6.45, 7) is 3.54. The van der Waals surface area contributed by atoms with Crippen molar-refractivity contribution in [1.82, 2.24) is 0 Å². The van der Waals surface area contributed by atoms with E-state index in [1.54, 1.807) is 6.07 Å². The molecule has 0 saturated heterocycles. The van der Waals surface area contributed by atoms with Gasteiger partial charge in [0.2, 0.25) is 0 Å². The van der Waals surface area contributed by atoms with Crippen LogP contribution in [0.25, 0.3) is 0 Å². The third-order valence-corrected chi connectivity index (χ3v) is 2.37. The zero-order chi connectivity index (χ0) is 13.7. The number of ether oxygens (including phenoxy) is 2. The van der Waals surface area contributed by atoms with Crippen LogP contribution in [0.1, 0.15) is 5.56 Å². The SMILES string of the molecule is C=C(Cc1ccc(OC)cc1[N+](=O)[O-])C(=O)OC. The van der Waals surface area contributed by atoms with E-state index < -0.39 is 10.9 Å². The maximum Gasteiger partial charge on any atom is 0.333 e. The Morgan fingerprint density at radius 2 is 2.11 bits per heavy atom. The second kappa shape index (κ2) is 5.81. The van der Waals surface area contributed by atoms with Gasteiger partial charge in [0.05, 0.1) is 25.2 Å². The first-order valence-corrected chi connectivity index (χ1v) is 5.07. The van der Waals surface area contributed by atoms with Gasteiger partial charge in [0.15, 0.2) is 0 Å². The van der Waals surface area contributed by atoms with E-state index in [4.69, 9.17) is 4.74 Å². The lowest BCUT2D eigenvalue weighted by molar-refractivity contribution is -0.385. The van der Waals surface area contributed by atoms with Crippen LogP contribution >= 0.6 is 0 Å². The van der Waals surface area contributed by atoms with E-state index in [0.717, 1.165) is 0 Å². The van der Waals surface area contributed by atoms with Gasteiger partial charge in [0.25, 0.3) is 5.69 Å². The Hall–Kier alpha value is -2.37. The van der Waals surface area contributed by atoms with Crippen LogP contribution in [0, 0.1) is 10.1 Å². The Labute approximate surface area is 104 Å². The quantitative estimate of drug-likeness (QED) is 0.345. The Kier molecular flexibility index (Phi) is 4.42. The van der Waals surface area contributed by atoms with Crippen LogP contribution in [0.15, 0.2) is 30.4 Å². The summed E-state index contributed by atoms with van der Waals surface area (Å²) in [6, 6.07) is 4.43. The van der Waals surface area contributed by atoms with E-state index in [1.807, 2.05) is 0 Å². The zero-order valence-electron chi connectivity index (χ0n) is 10.1. The molecule has 0 heterocycles. The van der Waals surface area contributed by atoms with Crippen molar-refractivity contribution < 1.29 is 19.2 Å². The Morgan fingerprint density at radius 3 is 2.61 bits per heavy atom. The fraction of sp³-hybridized carbons (Fsp3) is 0.250. The Morgan fingerprint density at radius 1 is 1.44 bits per heavy atom. The summed E-state index contributed by atoms with van der Waals surface area (Å²) in [5.74, 6) is -0.200. The number of methoxy groups -OCH3 is 2. The lowest BCUT2D eigenvalue weighted by Crippen LogP contribution is -2.07. The maximum atomic E-state index is 11.2. The number of carbonyl (C=O) groups excluding carboxylic acids is 1. The summed E-state index contributed by atoms with van der Waals surface area (Å²) in [5, 5.41) is 10.9. The molecule has 18 heavy (non-hydrogen) atoms. The van der Waals surface area contributed by atoms with E-state index in [2.05, 4.69) is 11.3 Å². The molecule has 0 radical (unpaired) electrons. The highest BCUT2D eigenvalue weighted by molar-refractivity contribution is 5.88. The molecule has 0 aliphatic heterocycles. The van der Waals surface area contributed by atoms with Gasteiger partial charge in [-0.05, 0) is 12.1 Å². The summed E-state index contributed by atoms with van der Waals surface area (Å²) < 4.78 is 9.41. The second-order valence-corrected chi connectivity index (χ2v) is 3.52. The molecule has 0 saturated carbocycles. The van der Waals surface area contributed by atoms with E-state index >= 15 is 0 Å². The molecule has 6 heteroatoms. The van der Waals surface area contributed by atoms with Gasteiger partial charge >= 0.3 is 5.97 Å². The van der Waals surface area contributed by atoms with Gasteiger partial charge < -0.3 is 9.47 Å². The first-order valence-electron chi connectivity index (χ1n) is 5.07. The van der Waals surface area contributed by atoms with Gasteiger partial charge in [-0.3, -0.25) is 10.1 Å². The monoisotopic (exact) mass is 251 g/mol. The fourth-order valence-corrected chi connectivity index (χ4v) is 1.44. The minimum Gasteiger partial charge on any atom is -0.497 e. The molecule has 0 aliphatic rings. The van der Waals surface area contributed by atoms with Crippen molar-refractivity contribution in [2.75, 3.05) is 14.2 Å². The van der Waals surface area contributed by atoms with Crippen LogP contribution in [0.4, 0.5) is 5.69 Å². The number of nitro benzene ring substituents is 1. The molecule has 0 aromatic heterocycles. The number of rotatable bonds is 5. The minimum atomic E-state index is -0.583. The van der Waals surface area contributed by atoms with E-state index in [9.17, 15) is 14.9 Å². The first-order chi connectivity index (χ1) is 8.49. The number of nitrogens with zero attached hydrogens (tertiary/aromatic N) is 1.